The van der Waals surface area contributed by atoms with E-state index in [4.69, 9.17) is 10.5 Å². The molecule has 2 unspecified atom stereocenters. The van der Waals surface area contributed by atoms with Gasteiger partial charge in [-0.3, -0.25) is 0 Å². The van der Waals surface area contributed by atoms with Crippen LogP contribution >= 0.6 is 0 Å². The van der Waals surface area contributed by atoms with Crippen molar-refractivity contribution in [2.24, 2.45) is 20.8 Å². The molecule has 2 atom stereocenters. The zero-order valence-corrected chi connectivity index (χ0v) is 10.7. The van der Waals surface area contributed by atoms with Crippen molar-refractivity contribution in [2.45, 2.75) is 46.0 Å². The third-order valence-corrected chi connectivity index (χ3v) is 2.34. The van der Waals surface area contributed by atoms with E-state index in [2.05, 4.69) is 15.1 Å². The molecule has 1 rings (SSSR count). The Labute approximate surface area is 102 Å². The Kier molecular flexibility index (Phi) is 5.62. The second-order valence-electron chi connectivity index (χ2n) is 3.71. The van der Waals surface area contributed by atoms with Crippen LogP contribution in [0.2, 0.25) is 0 Å². The van der Waals surface area contributed by atoms with Crippen LogP contribution in [0.25, 0.3) is 0 Å². The number of amidine groups is 1. The van der Waals surface area contributed by atoms with Crippen LogP contribution in [-0.4, -0.2) is 42.4 Å². The summed E-state index contributed by atoms with van der Waals surface area (Å²) in [6.07, 6.45) is 4.51. The average molecular weight is 239 g/mol. The third kappa shape index (κ3) is 4.14. The first-order valence-electron chi connectivity index (χ1n) is 5.95. The number of rotatable bonds is 6. The second kappa shape index (κ2) is 7.01. The summed E-state index contributed by atoms with van der Waals surface area (Å²) in [7, 11) is 0. The van der Waals surface area contributed by atoms with Crippen molar-refractivity contribution >= 4 is 18.4 Å². The predicted molar refractivity (Wildman–Crippen MR) is 70.2 cm³/mol. The summed E-state index contributed by atoms with van der Waals surface area (Å²) in [6, 6.07) is 0. The molecule has 1 heterocycles. The van der Waals surface area contributed by atoms with Gasteiger partial charge in [0.1, 0.15) is 24.6 Å². The number of hydrazone groups is 1. The van der Waals surface area contributed by atoms with E-state index in [1.807, 2.05) is 32.0 Å². The van der Waals surface area contributed by atoms with E-state index in [1.165, 1.54) is 6.34 Å². The molecule has 0 aromatic carbocycles. The molecule has 0 bridgehead atoms. The Morgan fingerprint density at radius 1 is 1.71 bits per heavy atom. The quantitative estimate of drug-likeness (QED) is 0.429. The number of aliphatic imine (C=N–C) groups is 2. The summed E-state index contributed by atoms with van der Waals surface area (Å²) in [5, 5.41) is 6.20. The number of nitrogens with two attached hydrogens (primary N) is 1. The maximum Gasteiger partial charge on any atom is 0.148 e. The first kappa shape index (κ1) is 13.6. The van der Waals surface area contributed by atoms with Gasteiger partial charge in [0.15, 0.2) is 0 Å². The fourth-order valence-electron chi connectivity index (χ4n) is 1.55. The van der Waals surface area contributed by atoms with Gasteiger partial charge in [-0.05, 0) is 20.3 Å². The van der Waals surface area contributed by atoms with Crippen molar-refractivity contribution in [1.29, 1.82) is 0 Å². The normalized spacial score (nSPS) is 21.6. The van der Waals surface area contributed by atoms with E-state index in [1.54, 1.807) is 0 Å². The maximum atomic E-state index is 5.71. The molecular formula is C11H21N5O. The van der Waals surface area contributed by atoms with Gasteiger partial charge < -0.3 is 10.5 Å². The highest BCUT2D eigenvalue weighted by Crippen LogP contribution is 2.14. The molecular weight excluding hydrogens is 218 g/mol. The SMILES string of the molecule is CC/C=N\N(C1CC(N)=NC=N1)C(C)OCC. The van der Waals surface area contributed by atoms with E-state index in [0.29, 0.717) is 18.9 Å². The standard InChI is InChI=1S/C11H21N5O/c1-4-6-15-16(9(3)17-5-2)11-7-10(12)13-8-14-11/h6,8-9,11H,4-5,7H2,1-3H3,(H2,12,13,14)/b15-6-. The maximum absolute atomic E-state index is 5.71. The lowest BCUT2D eigenvalue weighted by Crippen LogP contribution is -2.41. The minimum atomic E-state index is -0.129. The van der Waals surface area contributed by atoms with Crippen molar-refractivity contribution in [2.75, 3.05) is 6.61 Å². The number of nitrogens with zero attached hydrogens (tertiary/aromatic N) is 4. The topological polar surface area (TPSA) is 75.6 Å². The lowest BCUT2D eigenvalue weighted by molar-refractivity contribution is -0.0595. The number of hydrogen-bond donors (Lipinski definition) is 1. The largest absolute Gasteiger partial charge is 0.387 e. The minimum Gasteiger partial charge on any atom is -0.387 e. The molecule has 6 nitrogen and oxygen atoms in total. The van der Waals surface area contributed by atoms with Crippen LogP contribution in [0.4, 0.5) is 0 Å². The highest BCUT2D eigenvalue weighted by atomic mass is 16.5. The van der Waals surface area contributed by atoms with Crippen molar-refractivity contribution < 1.29 is 4.74 Å². The average Bonchev–Trinajstić information content (AvgIpc) is 2.30. The molecule has 6 heteroatoms. The molecule has 0 saturated heterocycles. The summed E-state index contributed by atoms with van der Waals surface area (Å²) in [6.45, 7) is 6.58. The van der Waals surface area contributed by atoms with Crippen molar-refractivity contribution in [1.82, 2.24) is 5.01 Å². The van der Waals surface area contributed by atoms with Gasteiger partial charge in [0, 0.05) is 19.2 Å². The highest BCUT2D eigenvalue weighted by Gasteiger charge is 2.23. The summed E-state index contributed by atoms with van der Waals surface area (Å²) >= 11 is 0. The fourth-order valence-corrected chi connectivity index (χ4v) is 1.55. The summed E-state index contributed by atoms with van der Waals surface area (Å²) in [4.78, 5) is 8.21. The monoisotopic (exact) mass is 239 g/mol. The minimum absolute atomic E-state index is 0.128. The Morgan fingerprint density at radius 2 is 2.47 bits per heavy atom. The van der Waals surface area contributed by atoms with Gasteiger partial charge in [0.05, 0.1) is 0 Å². The molecule has 0 aliphatic carbocycles. The van der Waals surface area contributed by atoms with Crippen LogP contribution in [0.5, 0.6) is 0 Å². The van der Waals surface area contributed by atoms with E-state index in [0.717, 1.165) is 6.42 Å². The Morgan fingerprint density at radius 3 is 3.06 bits per heavy atom. The zero-order valence-electron chi connectivity index (χ0n) is 10.7. The Hall–Kier alpha value is -1.43. The molecule has 96 valence electrons. The molecule has 1 aliphatic rings. The van der Waals surface area contributed by atoms with Crippen LogP contribution in [0, 0.1) is 0 Å². The van der Waals surface area contributed by atoms with Crippen LogP contribution in [0.15, 0.2) is 15.1 Å². The molecule has 0 spiro atoms. The van der Waals surface area contributed by atoms with Gasteiger partial charge in [-0.1, -0.05) is 6.92 Å². The van der Waals surface area contributed by atoms with Crippen molar-refractivity contribution in [3.05, 3.63) is 0 Å². The Balaban J connectivity index is 2.72. The molecule has 0 aromatic heterocycles. The first-order valence-corrected chi connectivity index (χ1v) is 5.95. The van der Waals surface area contributed by atoms with Gasteiger partial charge >= 0.3 is 0 Å². The molecule has 2 N–H and O–H groups in total. The fraction of sp³-hybridized carbons (Fsp3) is 0.727. The van der Waals surface area contributed by atoms with Crippen molar-refractivity contribution in [3.8, 4) is 0 Å². The molecule has 0 radical (unpaired) electrons. The molecule has 17 heavy (non-hydrogen) atoms. The number of ether oxygens (including phenoxy) is 1. The predicted octanol–water partition coefficient (Wildman–Crippen LogP) is 1.18. The summed E-state index contributed by atoms with van der Waals surface area (Å²) < 4.78 is 5.55. The molecule has 0 saturated carbocycles. The van der Waals surface area contributed by atoms with Crippen LogP contribution < -0.4 is 5.73 Å². The van der Waals surface area contributed by atoms with E-state index in [9.17, 15) is 0 Å². The third-order valence-electron chi connectivity index (χ3n) is 2.34. The van der Waals surface area contributed by atoms with Crippen molar-refractivity contribution in [3.63, 3.8) is 0 Å². The van der Waals surface area contributed by atoms with Crippen LogP contribution in [0.1, 0.15) is 33.6 Å². The highest BCUT2D eigenvalue weighted by molar-refractivity contribution is 5.89. The smallest absolute Gasteiger partial charge is 0.148 e. The van der Waals surface area contributed by atoms with Gasteiger partial charge in [-0.15, -0.1) is 0 Å². The second-order valence-corrected chi connectivity index (χ2v) is 3.71. The Bertz CT molecular complexity index is 313. The van der Waals surface area contributed by atoms with E-state index < -0.39 is 0 Å². The molecule has 0 amide bonds. The lowest BCUT2D eigenvalue weighted by atomic mass is 10.3. The van der Waals surface area contributed by atoms with Crippen LogP contribution in [0.3, 0.4) is 0 Å². The van der Waals surface area contributed by atoms with Gasteiger partial charge in [0.25, 0.3) is 0 Å². The summed E-state index contributed by atoms with van der Waals surface area (Å²) in [5.74, 6) is 0.574. The van der Waals surface area contributed by atoms with Crippen LogP contribution in [-0.2, 0) is 4.74 Å². The van der Waals surface area contributed by atoms with Gasteiger partial charge in [0.2, 0.25) is 0 Å². The molecule has 1 aliphatic heterocycles. The van der Waals surface area contributed by atoms with E-state index in [-0.39, 0.29) is 12.4 Å². The lowest BCUT2D eigenvalue weighted by Gasteiger charge is -2.31. The van der Waals surface area contributed by atoms with E-state index >= 15 is 0 Å². The zero-order chi connectivity index (χ0) is 12.7. The first-order chi connectivity index (χ1) is 8.19. The summed E-state index contributed by atoms with van der Waals surface area (Å²) in [5.41, 5.74) is 5.71. The molecule has 0 fully saturated rings. The molecule has 0 aromatic rings. The van der Waals surface area contributed by atoms with Gasteiger partial charge in [-0.25, -0.2) is 15.0 Å². The number of hydrogen-bond acceptors (Lipinski definition) is 6. The van der Waals surface area contributed by atoms with Gasteiger partial charge in [-0.2, -0.15) is 5.10 Å².